The average molecular weight is 146 g/mol. The molecule has 4 nitrogen and oxygen atoms in total. The lowest BCUT2D eigenvalue weighted by Crippen LogP contribution is -2.27. The number of hydrogen-bond acceptors (Lipinski definition) is 2. The summed E-state index contributed by atoms with van der Waals surface area (Å²) in [6.07, 6.45) is 3.09. The summed E-state index contributed by atoms with van der Waals surface area (Å²) in [4.78, 5) is 9.13. The largest absolute Gasteiger partial charge is 0.464 e. The molecule has 0 fully saturated rings. The van der Waals surface area contributed by atoms with Crippen molar-refractivity contribution >= 4 is 6.09 Å². The smallest absolute Gasteiger partial charge is 0.418 e. The van der Waals surface area contributed by atoms with Crippen molar-refractivity contribution in [2.75, 3.05) is 0 Å². The summed E-state index contributed by atoms with van der Waals surface area (Å²) in [7, 11) is 0. The van der Waals surface area contributed by atoms with Gasteiger partial charge >= 0.3 is 6.09 Å². The minimum atomic E-state index is -1.22. The Morgan fingerprint density at radius 1 is 1.90 bits per heavy atom. The van der Waals surface area contributed by atoms with E-state index in [2.05, 4.69) is 19.3 Å². The highest BCUT2D eigenvalue weighted by atomic mass is 16.4. The molecule has 0 saturated heterocycles. The van der Waals surface area contributed by atoms with Crippen LogP contribution in [0.15, 0.2) is 12.7 Å². The van der Waals surface area contributed by atoms with Crippen molar-refractivity contribution < 1.29 is 9.90 Å². The number of hydrogen-bond donors (Lipinski definition) is 3. The fourth-order valence-corrected chi connectivity index (χ4v) is 0.204. The van der Waals surface area contributed by atoms with Crippen LogP contribution in [-0.4, -0.2) is 11.2 Å². The van der Waals surface area contributed by atoms with Crippen LogP contribution < -0.4 is 11.3 Å². The summed E-state index contributed by atoms with van der Waals surface area (Å²) in [5.74, 6) is 4.32. The number of carboxylic acid groups (broad SMARTS) is 1. The van der Waals surface area contributed by atoms with E-state index in [-0.39, 0.29) is 0 Å². The normalized spacial score (nSPS) is 7.00. The van der Waals surface area contributed by atoms with Crippen molar-refractivity contribution in [2.24, 2.45) is 5.84 Å². The minimum Gasteiger partial charge on any atom is -0.464 e. The van der Waals surface area contributed by atoms with Gasteiger partial charge in [-0.15, -0.1) is 6.58 Å². The average Bonchev–Trinajstić information content (AvgIpc) is 1.91. The van der Waals surface area contributed by atoms with E-state index in [0.717, 1.165) is 6.42 Å². The monoisotopic (exact) mass is 146 g/mol. The van der Waals surface area contributed by atoms with Gasteiger partial charge in [0.25, 0.3) is 0 Å². The number of unbranched alkanes of at least 4 members (excludes halogenated alkanes) is 1. The van der Waals surface area contributed by atoms with E-state index in [1.165, 1.54) is 11.8 Å². The van der Waals surface area contributed by atoms with Gasteiger partial charge in [0.1, 0.15) is 0 Å². The van der Waals surface area contributed by atoms with Gasteiger partial charge in [-0.3, -0.25) is 5.43 Å². The van der Waals surface area contributed by atoms with E-state index in [1.54, 1.807) is 0 Å². The highest BCUT2D eigenvalue weighted by molar-refractivity contribution is 5.63. The topological polar surface area (TPSA) is 75.3 Å². The highest BCUT2D eigenvalue weighted by Crippen LogP contribution is 1.82. The molecule has 4 heteroatoms. The first-order chi connectivity index (χ1) is 4.68. The van der Waals surface area contributed by atoms with Crippen LogP contribution in [0.3, 0.4) is 0 Å². The van der Waals surface area contributed by atoms with Crippen molar-refractivity contribution in [3.05, 3.63) is 12.7 Å². The van der Waals surface area contributed by atoms with E-state index in [0.29, 0.717) is 0 Å². The number of nitrogens with two attached hydrogens (primary N) is 1. The number of allylic oxidation sites excluding steroid dienone is 1. The van der Waals surface area contributed by atoms with E-state index in [9.17, 15) is 0 Å². The molecule has 0 aliphatic rings. The third-order valence-electron chi connectivity index (χ3n) is 0.616. The zero-order valence-corrected chi connectivity index (χ0v) is 6.13. The van der Waals surface area contributed by atoms with Crippen molar-refractivity contribution in [1.82, 2.24) is 5.43 Å². The second-order valence-electron chi connectivity index (χ2n) is 1.53. The number of nitrogens with one attached hydrogen (secondary N) is 1. The van der Waals surface area contributed by atoms with Gasteiger partial charge in [0, 0.05) is 0 Å². The summed E-state index contributed by atoms with van der Waals surface area (Å²) < 4.78 is 0. The zero-order chi connectivity index (χ0) is 8.41. The fourth-order valence-electron chi connectivity index (χ4n) is 0.204. The molecule has 60 valence electrons. The van der Waals surface area contributed by atoms with E-state index >= 15 is 0 Å². The quantitative estimate of drug-likeness (QED) is 0.236. The van der Waals surface area contributed by atoms with Crippen molar-refractivity contribution in [2.45, 2.75) is 19.8 Å². The molecule has 0 aliphatic heterocycles. The maximum Gasteiger partial charge on any atom is 0.418 e. The Hall–Kier alpha value is -1.03. The van der Waals surface area contributed by atoms with E-state index < -0.39 is 6.09 Å². The second kappa shape index (κ2) is 10.9. The number of carbonyl (C=O) groups is 1. The molecule has 10 heavy (non-hydrogen) atoms. The van der Waals surface area contributed by atoms with Crippen LogP contribution in [0.4, 0.5) is 4.79 Å². The third kappa shape index (κ3) is 28.2. The van der Waals surface area contributed by atoms with E-state index in [4.69, 9.17) is 9.90 Å². The number of rotatable bonds is 2. The minimum absolute atomic E-state index is 1.15. The molecular weight excluding hydrogens is 132 g/mol. The summed E-state index contributed by atoms with van der Waals surface area (Å²) in [6.45, 7) is 5.69. The maximum atomic E-state index is 9.13. The Bertz CT molecular complexity index is 93.7. The molecule has 0 aromatic heterocycles. The van der Waals surface area contributed by atoms with Crippen LogP contribution in [0, 0.1) is 0 Å². The Morgan fingerprint density at radius 2 is 2.30 bits per heavy atom. The van der Waals surface area contributed by atoms with Crippen LogP contribution >= 0.6 is 0 Å². The molecule has 0 rings (SSSR count). The molecule has 0 unspecified atom stereocenters. The summed E-state index contributed by atoms with van der Waals surface area (Å²) in [5, 5.41) is 7.49. The third-order valence-corrected chi connectivity index (χ3v) is 0.616. The predicted octanol–water partition coefficient (Wildman–Crippen LogP) is 1.10. The van der Waals surface area contributed by atoms with Crippen LogP contribution in [0.25, 0.3) is 0 Å². The molecular formula is C6H14N2O2. The summed E-state index contributed by atoms with van der Waals surface area (Å²) in [6, 6.07) is 0. The lowest BCUT2D eigenvalue weighted by atomic mass is 10.3. The van der Waals surface area contributed by atoms with Gasteiger partial charge in [-0.2, -0.15) is 0 Å². The highest BCUT2D eigenvalue weighted by Gasteiger charge is 1.77. The molecule has 0 heterocycles. The molecule has 0 spiro atoms. The Kier molecular flexibility index (Phi) is 12.7. The van der Waals surface area contributed by atoms with Crippen molar-refractivity contribution in [3.63, 3.8) is 0 Å². The summed E-state index contributed by atoms with van der Waals surface area (Å²) >= 11 is 0. The van der Waals surface area contributed by atoms with Crippen molar-refractivity contribution in [1.29, 1.82) is 0 Å². The zero-order valence-electron chi connectivity index (χ0n) is 6.13. The molecule has 4 N–H and O–H groups in total. The van der Waals surface area contributed by atoms with Gasteiger partial charge in [0.05, 0.1) is 0 Å². The first-order valence-electron chi connectivity index (χ1n) is 2.99. The van der Waals surface area contributed by atoms with Crippen LogP contribution in [0.2, 0.25) is 0 Å². The lowest BCUT2D eigenvalue weighted by Gasteiger charge is -1.79. The molecule has 0 aromatic rings. The molecule has 1 amide bonds. The molecule has 0 bridgehead atoms. The first kappa shape index (κ1) is 11.7. The van der Waals surface area contributed by atoms with Crippen LogP contribution in [0.1, 0.15) is 19.8 Å². The van der Waals surface area contributed by atoms with Gasteiger partial charge < -0.3 is 5.11 Å². The van der Waals surface area contributed by atoms with Gasteiger partial charge in [-0.05, 0) is 6.42 Å². The van der Waals surface area contributed by atoms with Crippen LogP contribution in [0.5, 0.6) is 0 Å². The molecule has 0 atom stereocenters. The predicted molar refractivity (Wildman–Crippen MR) is 40.5 cm³/mol. The first-order valence-corrected chi connectivity index (χ1v) is 2.99. The molecule has 0 aromatic carbocycles. The fraction of sp³-hybridized carbons (Fsp3) is 0.500. The SMILES string of the molecule is C=CCCC.NNC(=O)O. The molecule has 0 aliphatic carbocycles. The standard InChI is InChI=1S/C5H10.CH4N2O2/c1-3-5-4-2;2-3-1(4)5/h3H,1,4-5H2,2H3;3H,2H2,(H,4,5). The summed E-state index contributed by atoms with van der Waals surface area (Å²) in [5.41, 5.74) is 1.44. The Balaban J connectivity index is 0. The molecule has 0 radical (unpaired) electrons. The van der Waals surface area contributed by atoms with E-state index in [1.807, 2.05) is 6.08 Å². The number of amides is 1. The van der Waals surface area contributed by atoms with Crippen LogP contribution in [-0.2, 0) is 0 Å². The number of hydrazine groups is 1. The van der Waals surface area contributed by atoms with Gasteiger partial charge in [0.15, 0.2) is 0 Å². The molecule has 0 saturated carbocycles. The second-order valence-corrected chi connectivity index (χ2v) is 1.53. The van der Waals surface area contributed by atoms with Gasteiger partial charge in [-0.1, -0.05) is 19.4 Å². The van der Waals surface area contributed by atoms with Gasteiger partial charge in [0.2, 0.25) is 0 Å². The Labute approximate surface area is 60.7 Å². The van der Waals surface area contributed by atoms with Gasteiger partial charge in [-0.25, -0.2) is 10.6 Å². The van der Waals surface area contributed by atoms with Crippen molar-refractivity contribution in [3.8, 4) is 0 Å². The lowest BCUT2D eigenvalue weighted by molar-refractivity contribution is 0.194. The Morgan fingerprint density at radius 3 is 2.30 bits per heavy atom. The maximum absolute atomic E-state index is 9.13.